The molecule has 0 unspecified atom stereocenters. The molecule has 2 heterocycles. The van der Waals surface area contributed by atoms with Crippen LogP contribution >= 0.6 is 0 Å². The summed E-state index contributed by atoms with van der Waals surface area (Å²) >= 11 is 0. The van der Waals surface area contributed by atoms with Gasteiger partial charge in [-0.15, -0.1) is 0 Å². The molecular formula is C9H9N3O3. The third-order valence-electron chi connectivity index (χ3n) is 2.05. The zero-order valence-corrected chi connectivity index (χ0v) is 7.80. The van der Waals surface area contributed by atoms with Gasteiger partial charge >= 0.3 is 11.7 Å². The van der Waals surface area contributed by atoms with Gasteiger partial charge in [0.25, 0.3) is 0 Å². The van der Waals surface area contributed by atoms with Crippen molar-refractivity contribution in [3.8, 4) is 0 Å². The Morgan fingerprint density at radius 2 is 2.33 bits per heavy atom. The molecule has 0 aliphatic carbocycles. The molecule has 0 fully saturated rings. The molecule has 0 saturated carbocycles. The van der Waals surface area contributed by atoms with Crippen molar-refractivity contribution in [3.05, 3.63) is 34.4 Å². The van der Waals surface area contributed by atoms with Crippen LogP contribution in [0.15, 0.2) is 23.1 Å². The summed E-state index contributed by atoms with van der Waals surface area (Å²) in [5.74, 6) is -0.839. The fraction of sp³-hybridized carbons (Fsp3) is 0.222. The Labute approximate surface area is 84.2 Å². The van der Waals surface area contributed by atoms with E-state index in [0.29, 0.717) is 12.1 Å². The molecule has 0 radical (unpaired) electrons. The van der Waals surface area contributed by atoms with Crippen molar-refractivity contribution >= 4 is 11.6 Å². The normalized spacial score (nSPS) is 10.7. The number of carbonyl (C=O) groups is 1. The molecule has 2 aromatic rings. The summed E-state index contributed by atoms with van der Waals surface area (Å²) in [6.45, 7) is 0. The second-order valence-electron chi connectivity index (χ2n) is 3.19. The molecule has 15 heavy (non-hydrogen) atoms. The number of carboxylic acids is 1. The van der Waals surface area contributed by atoms with Gasteiger partial charge in [-0.05, 0) is 18.1 Å². The average Bonchev–Trinajstić information content (AvgIpc) is 2.53. The predicted molar refractivity (Wildman–Crippen MR) is 51.8 cm³/mol. The van der Waals surface area contributed by atoms with Gasteiger partial charge in [0.2, 0.25) is 0 Å². The van der Waals surface area contributed by atoms with Gasteiger partial charge in [0.1, 0.15) is 0 Å². The smallest absolute Gasteiger partial charge is 0.362 e. The molecule has 6 nitrogen and oxygen atoms in total. The average molecular weight is 207 g/mol. The topological polar surface area (TPSA) is 87.5 Å². The van der Waals surface area contributed by atoms with Crippen LogP contribution in [0.1, 0.15) is 12.0 Å². The fourth-order valence-corrected chi connectivity index (χ4v) is 1.35. The quantitative estimate of drug-likeness (QED) is 0.743. The highest BCUT2D eigenvalue weighted by atomic mass is 16.4. The number of hydrogen-bond acceptors (Lipinski definition) is 3. The minimum absolute atomic E-state index is 0.0738. The lowest BCUT2D eigenvalue weighted by molar-refractivity contribution is -0.136. The number of hydrogen-bond donors (Lipinski definition) is 2. The largest absolute Gasteiger partial charge is 0.481 e. The lowest BCUT2D eigenvalue weighted by atomic mass is 10.1. The summed E-state index contributed by atoms with van der Waals surface area (Å²) in [6.07, 6.45) is 2.18. The van der Waals surface area contributed by atoms with Gasteiger partial charge in [0.05, 0.1) is 0 Å². The number of aromatic amines is 1. The molecule has 6 heteroatoms. The van der Waals surface area contributed by atoms with Crippen LogP contribution in [0, 0.1) is 0 Å². The van der Waals surface area contributed by atoms with Crippen LogP contribution in [0.3, 0.4) is 0 Å². The standard InChI is InChI=1S/C9H9N3O3/c13-8(14)4-2-6-1-3-7-10-9(15)11-12(7)5-6/h1,3,5H,2,4H2,(H,11,15)(H,13,14). The molecule has 0 aromatic carbocycles. The molecule has 2 rings (SSSR count). The van der Waals surface area contributed by atoms with Crippen LogP contribution in [-0.2, 0) is 11.2 Å². The van der Waals surface area contributed by atoms with Crippen LogP contribution in [0.4, 0.5) is 0 Å². The van der Waals surface area contributed by atoms with E-state index in [-0.39, 0.29) is 6.42 Å². The van der Waals surface area contributed by atoms with Crippen LogP contribution in [-0.4, -0.2) is 25.7 Å². The molecule has 0 atom stereocenters. The van der Waals surface area contributed by atoms with Gasteiger partial charge in [-0.25, -0.2) is 14.4 Å². The first kappa shape index (κ1) is 9.45. The molecular weight excluding hydrogens is 198 g/mol. The molecule has 0 bridgehead atoms. The molecule has 0 saturated heterocycles. The monoisotopic (exact) mass is 207 g/mol. The van der Waals surface area contributed by atoms with E-state index in [1.165, 1.54) is 4.52 Å². The Hall–Kier alpha value is -2.11. The molecule has 0 amide bonds. The Morgan fingerprint density at radius 3 is 3.07 bits per heavy atom. The number of fused-ring (bicyclic) bond motifs is 1. The third kappa shape index (κ3) is 2.04. The number of carboxylic acid groups (broad SMARTS) is 1. The highest BCUT2D eigenvalue weighted by Crippen LogP contribution is 2.04. The van der Waals surface area contributed by atoms with Crippen LogP contribution in [0.5, 0.6) is 0 Å². The number of rotatable bonds is 3. The number of pyridine rings is 1. The van der Waals surface area contributed by atoms with Gasteiger partial charge in [0.15, 0.2) is 5.65 Å². The van der Waals surface area contributed by atoms with Gasteiger partial charge in [-0.1, -0.05) is 6.07 Å². The fourth-order valence-electron chi connectivity index (χ4n) is 1.35. The molecule has 2 aromatic heterocycles. The van der Waals surface area contributed by atoms with Crippen molar-refractivity contribution < 1.29 is 9.90 Å². The molecule has 78 valence electrons. The van der Waals surface area contributed by atoms with Crippen molar-refractivity contribution in [1.29, 1.82) is 0 Å². The summed E-state index contributed by atoms with van der Waals surface area (Å²) in [6, 6.07) is 3.44. The number of aromatic nitrogens is 3. The number of aryl methyl sites for hydroxylation is 1. The molecule has 0 aliphatic rings. The van der Waals surface area contributed by atoms with Crippen molar-refractivity contribution in [1.82, 2.24) is 14.6 Å². The minimum Gasteiger partial charge on any atom is -0.481 e. The van der Waals surface area contributed by atoms with E-state index in [9.17, 15) is 9.59 Å². The highest BCUT2D eigenvalue weighted by molar-refractivity contribution is 5.67. The number of aliphatic carboxylic acids is 1. The summed E-state index contributed by atoms with van der Waals surface area (Å²) in [7, 11) is 0. The van der Waals surface area contributed by atoms with E-state index in [0.717, 1.165) is 5.56 Å². The van der Waals surface area contributed by atoms with E-state index >= 15 is 0 Å². The van der Waals surface area contributed by atoms with Gasteiger partial charge < -0.3 is 5.11 Å². The van der Waals surface area contributed by atoms with Gasteiger partial charge in [-0.2, -0.15) is 4.98 Å². The number of nitrogens with zero attached hydrogens (tertiary/aromatic N) is 2. The van der Waals surface area contributed by atoms with Crippen LogP contribution in [0.25, 0.3) is 5.65 Å². The van der Waals surface area contributed by atoms with Crippen molar-refractivity contribution in [2.75, 3.05) is 0 Å². The Bertz CT molecular complexity index is 555. The molecule has 2 N–H and O–H groups in total. The van der Waals surface area contributed by atoms with Crippen LogP contribution < -0.4 is 5.69 Å². The number of H-pyrrole nitrogens is 1. The highest BCUT2D eigenvalue weighted by Gasteiger charge is 2.02. The summed E-state index contributed by atoms with van der Waals surface area (Å²) in [5, 5.41) is 11.0. The Balaban J connectivity index is 2.30. The SMILES string of the molecule is O=C(O)CCc1ccc2nc(=O)[nH]n2c1. The van der Waals surface area contributed by atoms with Gasteiger partial charge in [-0.3, -0.25) is 4.79 Å². The van der Waals surface area contributed by atoms with E-state index < -0.39 is 11.7 Å². The Morgan fingerprint density at radius 1 is 1.53 bits per heavy atom. The van der Waals surface area contributed by atoms with E-state index in [1.807, 2.05) is 0 Å². The maximum Gasteiger partial charge on any atom is 0.362 e. The lowest BCUT2D eigenvalue weighted by Gasteiger charge is -1.99. The van der Waals surface area contributed by atoms with Gasteiger partial charge in [0, 0.05) is 12.6 Å². The maximum atomic E-state index is 10.9. The van der Waals surface area contributed by atoms with Crippen molar-refractivity contribution in [2.24, 2.45) is 0 Å². The van der Waals surface area contributed by atoms with E-state index in [4.69, 9.17) is 5.11 Å². The zero-order valence-electron chi connectivity index (χ0n) is 7.80. The zero-order chi connectivity index (χ0) is 10.8. The second-order valence-corrected chi connectivity index (χ2v) is 3.19. The molecule has 0 spiro atoms. The third-order valence-corrected chi connectivity index (χ3v) is 2.05. The lowest BCUT2D eigenvalue weighted by Crippen LogP contribution is -2.02. The first-order valence-corrected chi connectivity index (χ1v) is 4.44. The van der Waals surface area contributed by atoms with E-state index in [2.05, 4.69) is 10.1 Å². The van der Waals surface area contributed by atoms with Crippen molar-refractivity contribution in [3.63, 3.8) is 0 Å². The molecule has 0 aliphatic heterocycles. The predicted octanol–water partition coefficient (Wildman–Crippen LogP) is 0.0398. The van der Waals surface area contributed by atoms with Crippen LogP contribution in [0.2, 0.25) is 0 Å². The van der Waals surface area contributed by atoms with Crippen molar-refractivity contribution in [2.45, 2.75) is 12.8 Å². The summed E-state index contributed by atoms with van der Waals surface area (Å²) < 4.78 is 1.49. The summed E-state index contributed by atoms with van der Waals surface area (Å²) in [4.78, 5) is 24.9. The summed E-state index contributed by atoms with van der Waals surface area (Å²) in [5.41, 5.74) is 0.961. The minimum atomic E-state index is -0.839. The maximum absolute atomic E-state index is 10.9. The van der Waals surface area contributed by atoms with E-state index in [1.54, 1.807) is 18.3 Å². The number of nitrogens with one attached hydrogen (secondary N) is 1. The Kier molecular flexibility index (Phi) is 2.24. The second kappa shape index (κ2) is 3.56. The first-order chi connectivity index (χ1) is 7.15. The first-order valence-electron chi connectivity index (χ1n) is 4.44.